The summed E-state index contributed by atoms with van der Waals surface area (Å²) in [5.74, 6) is -1.14. The maximum atomic E-state index is 14.0. The van der Waals surface area contributed by atoms with Crippen molar-refractivity contribution in [1.29, 1.82) is 0 Å². The summed E-state index contributed by atoms with van der Waals surface area (Å²) in [6.07, 6.45) is 0.526. The van der Waals surface area contributed by atoms with E-state index in [0.29, 0.717) is 21.0 Å². The number of sulfonamides is 1. The van der Waals surface area contributed by atoms with Crippen molar-refractivity contribution in [2.75, 3.05) is 12.8 Å². The number of ether oxygens (including phenoxy) is 1. The standard InChI is InChI=1S/C35H45FN2O7S2/c1-22(21-46(42)34(5,6)7)27-19-30(39)37(10)20-29(27)28-18-24(14-17-26(28)31(40)23-12-15-25(36)16-13-23)35(8,9)47(43,44)38(11)32(41)45-33(2,3)4/h12-20,22H,21H2,1-11H3/t22-,46-/m1/s1. The van der Waals surface area contributed by atoms with Crippen molar-refractivity contribution >= 4 is 32.7 Å². The van der Waals surface area contributed by atoms with Gasteiger partial charge in [0.2, 0.25) is 10.0 Å². The fraction of sp³-hybridized carbons (Fsp3) is 0.457. The number of hydrogen-bond donors (Lipinski definition) is 0. The molecule has 1 heterocycles. The minimum Gasteiger partial charge on any atom is -0.443 e. The Morgan fingerprint density at radius 2 is 1.53 bits per heavy atom. The molecule has 1 amide bonds. The van der Waals surface area contributed by atoms with E-state index < -0.39 is 59.5 Å². The second-order valence-corrected chi connectivity index (χ2v) is 18.9. The molecule has 3 rings (SSSR count). The highest BCUT2D eigenvalue weighted by atomic mass is 32.2. The molecule has 3 aromatic rings. The first-order valence-electron chi connectivity index (χ1n) is 15.1. The number of ketones is 1. The predicted octanol–water partition coefficient (Wildman–Crippen LogP) is 6.50. The van der Waals surface area contributed by atoms with Crippen LogP contribution in [0.5, 0.6) is 0 Å². The Kier molecular flexibility index (Phi) is 10.8. The van der Waals surface area contributed by atoms with E-state index in [1.54, 1.807) is 40.1 Å². The Labute approximate surface area is 279 Å². The molecule has 256 valence electrons. The van der Waals surface area contributed by atoms with E-state index in [1.807, 2.05) is 27.7 Å². The minimum absolute atomic E-state index is 0.179. The van der Waals surface area contributed by atoms with E-state index >= 15 is 0 Å². The van der Waals surface area contributed by atoms with Gasteiger partial charge in [-0.3, -0.25) is 13.8 Å². The highest BCUT2D eigenvalue weighted by Crippen LogP contribution is 2.39. The van der Waals surface area contributed by atoms with Crippen LogP contribution in [0, 0.1) is 5.82 Å². The normalized spacial score (nSPS) is 14.0. The molecular weight excluding hydrogens is 644 g/mol. The van der Waals surface area contributed by atoms with E-state index in [1.165, 1.54) is 60.9 Å². The number of carbonyl (C=O) groups excluding carboxylic acids is 2. The number of halogens is 1. The van der Waals surface area contributed by atoms with E-state index in [4.69, 9.17) is 4.74 Å². The molecule has 2 atom stereocenters. The molecule has 2 aromatic carbocycles. The molecule has 12 heteroatoms. The second kappa shape index (κ2) is 13.5. The highest BCUT2D eigenvalue weighted by Gasteiger charge is 2.43. The van der Waals surface area contributed by atoms with Crippen molar-refractivity contribution in [3.05, 3.63) is 93.2 Å². The third-order valence-electron chi connectivity index (χ3n) is 7.89. The molecule has 0 N–H and O–H groups in total. The van der Waals surface area contributed by atoms with Gasteiger partial charge in [-0.15, -0.1) is 0 Å². The van der Waals surface area contributed by atoms with Gasteiger partial charge in [-0.1, -0.05) is 19.1 Å². The maximum absolute atomic E-state index is 14.0. The van der Waals surface area contributed by atoms with Gasteiger partial charge >= 0.3 is 6.09 Å². The molecule has 0 aliphatic heterocycles. The second-order valence-electron chi connectivity index (χ2n) is 14.2. The van der Waals surface area contributed by atoms with Crippen LogP contribution in [0.1, 0.15) is 95.3 Å². The molecule has 0 unspecified atom stereocenters. The zero-order valence-electron chi connectivity index (χ0n) is 28.9. The first-order chi connectivity index (χ1) is 21.4. The number of benzene rings is 2. The van der Waals surface area contributed by atoms with Crippen molar-refractivity contribution < 1.29 is 31.3 Å². The molecule has 0 aliphatic rings. The van der Waals surface area contributed by atoms with E-state index in [2.05, 4.69) is 0 Å². The summed E-state index contributed by atoms with van der Waals surface area (Å²) in [5.41, 5.74) is 0.690. The lowest BCUT2D eigenvalue weighted by atomic mass is 9.86. The third-order valence-corrected chi connectivity index (χ3v) is 12.5. The van der Waals surface area contributed by atoms with Crippen LogP contribution in [0.15, 0.2) is 59.5 Å². The van der Waals surface area contributed by atoms with Crippen molar-refractivity contribution in [2.24, 2.45) is 7.05 Å². The van der Waals surface area contributed by atoms with Crippen LogP contribution in [-0.2, 0) is 37.4 Å². The number of amides is 1. The molecule has 0 radical (unpaired) electrons. The summed E-state index contributed by atoms with van der Waals surface area (Å²) in [7, 11) is -2.98. The average molecular weight is 689 g/mol. The number of rotatable bonds is 9. The van der Waals surface area contributed by atoms with Crippen LogP contribution in [0.25, 0.3) is 11.1 Å². The van der Waals surface area contributed by atoms with Gasteiger partial charge in [-0.05, 0) is 108 Å². The monoisotopic (exact) mass is 688 g/mol. The zero-order valence-corrected chi connectivity index (χ0v) is 30.6. The fourth-order valence-electron chi connectivity index (χ4n) is 4.86. The lowest BCUT2D eigenvalue weighted by molar-refractivity contribution is 0.0417. The molecule has 47 heavy (non-hydrogen) atoms. The fourth-order valence-corrected chi connectivity index (χ4v) is 7.33. The number of pyridine rings is 1. The highest BCUT2D eigenvalue weighted by molar-refractivity contribution is 7.90. The molecule has 9 nitrogen and oxygen atoms in total. The Balaban J connectivity index is 2.33. The smallest absolute Gasteiger partial charge is 0.423 e. The Morgan fingerprint density at radius 3 is 2.06 bits per heavy atom. The molecule has 0 aliphatic carbocycles. The quantitative estimate of drug-likeness (QED) is 0.235. The van der Waals surface area contributed by atoms with Gasteiger partial charge in [0.1, 0.15) is 16.2 Å². The molecule has 1 aromatic heterocycles. The lowest BCUT2D eigenvalue weighted by Crippen LogP contribution is -2.45. The van der Waals surface area contributed by atoms with Crippen LogP contribution in [-0.4, -0.2) is 56.5 Å². The summed E-state index contributed by atoms with van der Waals surface area (Å²) in [5, 5.41) is 0. The van der Waals surface area contributed by atoms with Gasteiger partial charge in [0.15, 0.2) is 5.78 Å². The molecular formula is C35H45FN2O7S2. The summed E-state index contributed by atoms with van der Waals surface area (Å²) in [6, 6.07) is 11.1. The molecule has 0 saturated heterocycles. The van der Waals surface area contributed by atoms with Gasteiger partial charge in [0.05, 0.1) is 0 Å². The maximum Gasteiger partial charge on any atom is 0.423 e. The predicted molar refractivity (Wildman–Crippen MR) is 184 cm³/mol. The first kappa shape index (κ1) is 37.8. The van der Waals surface area contributed by atoms with Crippen LogP contribution in [0.2, 0.25) is 0 Å². The number of carbonyl (C=O) groups is 2. The van der Waals surface area contributed by atoms with Crippen molar-refractivity contribution in [2.45, 2.75) is 83.3 Å². The largest absolute Gasteiger partial charge is 0.443 e. The minimum atomic E-state index is -4.39. The summed E-state index contributed by atoms with van der Waals surface area (Å²) in [6.45, 7) is 15.2. The number of hydrogen-bond acceptors (Lipinski definition) is 7. The van der Waals surface area contributed by atoms with E-state index in [-0.39, 0.29) is 28.0 Å². The number of aromatic nitrogens is 1. The summed E-state index contributed by atoms with van der Waals surface area (Å²) in [4.78, 5) is 39.7. The van der Waals surface area contributed by atoms with Crippen molar-refractivity contribution in [3.8, 4) is 11.1 Å². The van der Waals surface area contributed by atoms with Gasteiger partial charge in [0.25, 0.3) is 5.56 Å². The Bertz CT molecular complexity index is 1870. The molecule has 0 fully saturated rings. The van der Waals surface area contributed by atoms with Crippen LogP contribution in [0.3, 0.4) is 0 Å². The molecule has 0 saturated carbocycles. The van der Waals surface area contributed by atoms with E-state index in [9.17, 15) is 31.4 Å². The summed E-state index contributed by atoms with van der Waals surface area (Å²) < 4.78 is 59.8. The van der Waals surface area contributed by atoms with Gasteiger partial charge < -0.3 is 9.30 Å². The lowest BCUT2D eigenvalue weighted by Gasteiger charge is -2.32. The Morgan fingerprint density at radius 1 is 0.957 bits per heavy atom. The molecule has 0 spiro atoms. The average Bonchev–Trinajstić information content (AvgIpc) is 2.96. The topological polar surface area (TPSA) is 120 Å². The van der Waals surface area contributed by atoms with E-state index in [0.717, 1.165) is 7.05 Å². The SMILES string of the molecule is C[C@H](C[S@@](=O)C(C)(C)C)c1cc(=O)n(C)cc1-c1cc(C(C)(C)S(=O)(=O)N(C)C(=O)OC(C)(C)C)ccc1C(=O)c1ccc(F)cc1. The van der Waals surface area contributed by atoms with Crippen LogP contribution < -0.4 is 5.56 Å². The van der Waals surface area contributed by atoms with Crippen LogP contribution in [0.4, 0.5) is 9.18 Å². The van der Waals surface area contributed by atoms with Crippen LogP contribution >= 0.6 is 0 Å². The van der Waals surface area contributed by atoms with Crippen molar-refractivity contribution in [1.82, 2.24) is 8.87 Å². The van der Waals surface area contributed by atoms with Crippen molar-refractivity contribution in [3.63, 3.8) is 0 Å². The van der Waals surface area contributed by atoms with Gasteiger partial charge in [-0.2, -0.15) is 0 Å². The van der Waals surface area contributed by atoms with Gasteiger partial charge in [-0.25, -0.2) is 21.9 Å². The number of aryl methyl sites for hydroxylation is 1. The number of nitrogens with zero attached hydrogens (tertiary/aromatic N) is 2. The third kappa shape index (κ3) is 8.27. The molecule has 0 bridgehead atoms. The van der Waals surface area contributed by atoms with Gasteiger partial charge in [0, 0.05) is 64.3 Å². The Hall–Kier alpha value is -3.64. The first-order valence-corrected chi connectivity index (χ1v) is 17.9. The summed E-state index contributed by atoms with van der Waals surface area (Å²) >= 11 is 0. The zero-order chi connectivity index (χ0) is 35.9.